The summed E-state index contributed by atoms with van der Waals surface area (Å²) in [5.41, 5.74) is 2.51. The van der Waals surface area contributed by atoms with E-state index in [0.717, 1.165) is 17.0 Å². The highest BCUT2D eigenvalue weighted by molar-refractivity contribution is 6.02. The van der Waals surface area contributed by atoms with Crippen molar-refractivity contribution in [1.29, 1.82) is 0 Å². The van der Waals surface area contributed by atoms with Crippen LogP contribution in [0.25, 0.3) is 0 Å². The van der Waals surface area contributed by atoms with Crippen LogP contribution in [0, 0.1) is 0 Å². The van der Waals surface area contributed by atoms with Gasteiger partial charge in [-0.3, -0.25) is 9.59 Å². The summed E-state index contributed by atoms with van der Waals surface area (Å²) in [5.74, 6) is 0.921. The third kappa shape index (κ3) is 5.36. The van der Waals surface area contributed by atoms with E-state index in [1.807, 2.05) is 48.1 Å². The van der Waals surface area contributed by atoms with Gasteiger partial charge in [0.1, 0.15) is 18.0 Å². The molecule has 1 aliphatic heterocycles. The molecule has 0 N–H and O–H groups in total. The summed E-state index contributed by atoms with van der Waals surface area (Å²) < 4.78 is 18.1. The molecule has 1 aromatic carbocycles. The number of ether oxygens (including phenoxy) is 3. The average molecular weight is 457 g/mol. The van der Waals surface area contributed by atoms with Crippen LogP contribution in [-0.2, 0) is 21.4 Å². The fraction of sp³-hybridized carbons (Fsp3) is 0.458. The van der Waals surface area contributed by atoms with Crippen LogP contribution in [0.1, 0.15) is 37.1 Å². The lowest BCUT2D eigenvalue weighted by Crippen LogP contribution is -2.42. The number of aromatic nitrogens is 1. The Morgan fingerprint density at radius 3 is 2.58 bits per heavy atom. The molecule has 0 unspecified atom stereocenters. The minimum Gasteiger partial charge on any atom is -0.497 e. The van der Waals surface area contributed by atoms with Crippen LogP contribution in [0.4, 0.5) is 0 Å². The highest BCUT2D eigenvalue weighted by Gasteiger charge is 2.36. The minimum atomic E-state index is -0.395. The number of carbonyl (C=O) groups is 2. The average Bonchev–Trinajstić information content (AvgIpc) is 3.46. The number of methoxy groups -OCH3 is 3. The van der Waals surface area contributed by atoms with Crippen molar-refractivity contribution in [2.24, 2.45) is 12.1 Å². The van der Waals surface area contributed by atoms with Gasteiger partial charge in [0.05, 0.1) is 38.3 Å². The van der Waals surface area contributed by atoms with Crippen molar-refractivity contribution in [2.45, 2.75) is 25.8 Å². The minimum absolute atomic E-state index is 0.0806. The highest BCUT2D eigenvalue weighted by atomic mass is 16.5. The van der Waals surface area contributed by atoms with Gasteiger partial charge < -0.3 is 23.7 Å². The molecule has 0 fully saturated rings. The van der Waals surface area contributed by atoms with Gasteiger partial charge in [-0.25, -0.2) is 5.01 Å². The number of rotatable bonds is 10. The Balaban J connectivity index is 1.98. The Hall–Kier alpha value is -3.33. The van der Waals surface area contributed by atoms with Gasteiger partial charge in [-0.15, -0.1) is 0 Å². The monoisotopic (exact) mass is 456 g/mol. The molecular weight excluding hydrogens is 424 g/mol. The fourth-order valence-corrected chi connectivity index (χ4v) is 3.95. The summed E-state index contributed by atoms with van der Waals surface area (Å²) in [4.78, 5) is 27.4. The van der Waals surface area contributed by atoms with Crippen LogP contribution in [0.2, 0.25) is 0 Å². The summed E-state index contributed by atoms with van der Waals surface area (Å²) in [6.45, 7) is 2.38. The lowest BCUT2D eigenvalue weighted by Gasteiger charge is -2.27. The molecule has 0 spiro atoms. The molecule has 9 nitrogen and oxygen atoms in total. The maximum absolute atomic E-state index is 13.5. The number of hydrogen-bond donors (Lipinski definition) is 0. The summed E-state index contributed by atoms with van der Waals surface area (Å²) in [7, 11) is 6.70. The van der Waals surface area contributed by atoms with E-state index < -0.39 is 6.04 Å². The van der Waals surface area contributed by atoms with E-state index in [2.05, 4.69) is 0 Å². The molecular formula is C24H32N4O5. The Labute approximate surface area is 194 Å². The summed E-state index contributed by atoms with van der Waals surface area (Å²) in [5, 5.41) is 6.19. The van der Waals surface area contributed by atoms with Gasteiger partial charge in [0.25, 0.3) is 5.91 Å². The van der Waals surface area contributed by atoms with Crippen molar-refractivity contribution < 1.29 is 23.8 Å². The molecule has 1 aliphatic rings. The maximum Gasteiger partial charge on any atom is 0.262 e. The smallest absolute Gasteiger partial charge is 0.262 e. The van der Waals surface area contributed by atoms with Crippen LogP contribution >= 0.6 is 0 Å². The maximum atomic E-state index is 13.5. The Morgan fingerprint density at radius 1 is 1.18 bits per heavy atom. The largest absolute Gasteiger partial charge is 0.497 e. The van der Waals surface area contributed by atoms with Gasteiger partial charge in [0.15, 0.2) is 0 Å². The number of benzene rings is 1. The molecule has 0 saturated heterocycles. The summed E-state index contributed by atoms with van der Waals surface area (Å²) in [6, 6.07) is 9.02. The first kappa shape index (κ1) is 24.3. The molecule has 1 atom stereocenters. The van der Waals surface area contributed by atoms with E-state index in [4.69, 9.17) is 19.3 Å². The van der Waals surface area contributed by atoms with Crippen LogP contribution in [-0.4, -0.2) is 73.0 Å². The molecule has 0 radical (unpaired) electrons. The first-order valence-electron chi connectivity index (χ1n) is 10.9. The molecule has 33 heavy (non-hydrogen) atoms. The zero-order chi connectivity index (χ0) is 24.0. The molecule has 0 saturated carbocycles. The topological polar surface area (TPSA) is 85.6 Å². The molecule has 0 bridgehead atoms. The van der Waals surface area contributed by atoms with Crippen molar-refractivity contribution in [2.75, 3.05) is 41.0 Å². The third-order valence-electron chi connectivity index (χ3n) is 5.75. The quantitative estimate of drug-likeness (QED) is 0.549. The first-order valence-corrected chi connectivity index (χ1v) is 10.9. The van der Waals surface area contributed by atoms with Gasteiger partial charge in [0, 0.05) is 45.3 Å². The Morgan fingerprint density at radius 2 is 1.97 bits per heavy atom. The van der Waals surface area contributed by atoms with Gasteiger partial charge in [-0.2, -0.15) is 5.10 Å². The molecule has 3 rings (SSSR count). The molecule has 178 valence electrons. The van der Waals surface area contributed by atoms with Crippen LogP contribution in [0.5, 0.6) is 11.5 Å². The second-order valence-corrected chi connectivity index (χ2v) is 7.78. The van der Waals surface area contributed by atoms with E-state index in [1.54, 1.807) is 28.3 Å². The predicted octanol–water partition coefficient (Wildman–Crippen LogP) is 2.61. The number of amides is 2. The van der Waals surface area contributed by atoms with Crippen LogP contribution in [0.15, 0.2) is 41.6 Å². The predicted molar refractivity (Wildman–Crippen MR) is 124 cm³/mol. The van der Waals surface area contributed by atoms with E-state index in [-0.39, 0.29) is 18.4 Å². The van der Waals surface area contributed by atoms with E-state index in [9.17, 15) is 9.59 Å². The molecule has 2 heterocycles. The number of nitrogens with zero attached hydrogens (tertiary/aromatic N) is 4. The SMILES string of the molecule is CCC(=O)N(CCOC)CC(=O)N1N=C(c2cccn2C)C[C@@H]1c1cc(OC)ccc1OC. The molecule has 9 heteroatoms. The molecule has 1 aromatic heterocycles. The Kier molecular flexibility index (Phi) is 8.11. The van der Waals surface area contributed by atoms with Gasteiger partial charge in [0.2, 0.25) is 5.91 Å². The van der Waals surface area contributed by atoms with Crippen molar-refractivity contribution in [1.82, 2.24) is 14.5 Å². The third-order valence-corrected chi connectivity index (χ3v) is 5.75. The van der Waals surface area contributed by atoms with Gasteiger partial charge in [-0.05, 0) is 30.3 Å². The molecule has 2 aromatic rings. The van der Waals surface area contributed by atoms with Gasteiger partial charge in [-0.1, -0.05) is 6.92 Å². The van der Waals surface area contributed by atoms with Crippen molar-refractivity contribution in [3.63, 3.8) is 0 Å². The highest BCUT2D eigenvalue weighted by Crippen LogP contribution is 2.39. The lowest BCUT2D eigenvalue weighted by atomic mass is 9.99. The number of carbonyl (C=O) groups excluding carboxylic acids is 2. The second kappa shape index (κ2) is 11.0. The van der Waals surface area contributed by atoms with Crippen LogP contribution < -0.4 is 9.47 Å². The number of hydrazone groups is 1. The fourth-order valence-electron chi connectivity index (χ4n) is 3.95. The first-order chi connectivity index (χ1) is 15.9. The number of aryl methyl sites for hydroxylation is 1. The normalized spacial score (nSPS) is 15.4. The van der Waals surface area contributed by atoms with Gasteiger partial charge >= 0.3 is 0 Å². The molecule has 2 amide bonds. The standard InChI is InChI=1S/C24H32N4O5/c1-6-23(29)27(12-13-31-3)16-24(30)28-21(15-19(25-28)20-8-7-11-26(20)2)18-14-17(32-4)9-10-22(18)33-5/h7-11,14,21H,6,12-13,15-16H2,1-5H3/t21-/m1/s1. The summed E-state index contributed by atoms with van der Waals surface area (Å²) >= 11 is 0. The van der Waals surface area contributed by atoms with E-state index in [1.165, 1.54) is 9.91 Å². The van der Waals surface area contributed by atoms with E-state index in [0.29, 0.717) is 37.5 Å². The zero-order valence-corrected chi connectivity index (χ0v) is 19.9. The molecule has 0 aliphatic carbocycles. The van der Waals surface area contributed by atoms with Crippen LogP contribution in [0.3, 0.4) is 0 Å². The van der Waals surface area contributed by atoms with E-state index >= 15 is 0 Å². The summed E-state index contributed by atoms with van der Waals surface area (Å²) in [6.07, 6.45) is 2.75. The second-order valence-electron chi connectivity index (χ2n) is 7.78. The van der Waals surface area contributed by atoms with Crippen molar-refractivity contribution in [3.05, 3.63) is 47.8 Å². The number of hydrogen-bond acceptors (Lipinski definition) is 6. The van der Waals surface area contributed by atoms with Crippen molar-refractivity contribution >= 4 is 17.5 Å². The Bertz CT molecular complexity index is 1020. The zero-order valence-electron chi connectivity index (χ0n) is 19.9. The lowest BCUT2D eigenvalue weighted by molar-refractivity contribution is -0.142. The van der Waals surface area contributed by atoms with Crippen molar-refractivity contribution in [3.8, 4) is 11.5 Å².